The van der Waals surface area contributed by atoms with Crippen LogP contribution in [0.15, 0.2) is 11.1 Å². The molecule has 0 aliphatic rings. The molecule has 0 spiro atoms. The predicted molar refractivity (Wildman–Crippen MR) is 58.1 cm³/mol. The van der Waals surface area contributed by atoms with Gasteiger partial charge in [0.2, 0.25) is 5.95 Å². The Labute approximate surface area is 86.8 Å². The van der Waals surface area contributed by atoms with E-state index >= 15 is 0 Å². The fourth-order valence-corrected chi connectivity index (χ4v) is 1.62. The van der Waals surface area contributed by atoms with Gasteiger partial charge in [0, 0.05) is 28.2 Å². The quantitative estimate of drug-likeness (QED) is 0.646. The maximum absolute atomic E-state index is 11.7. The van der Waals surface area contributed by atoms with Crippen molar-refractivity contribution in [3.8, 4) is 0 Å². The standard InChI is InChI=1S/C9H13N5O/c1-12(2)9-11-8(15)6-7(14(9)4)10-5-13(6)3/h5H,1-4H3. The molecule has 80 valence electrons. The van der Waals surface area contributed by atoms with E-state index in [0.29, 0.717) is 17.1 Å². The zero-order chi connectivity index (χ0) is 11.2. The molecule has 15 heavy (non-hydrogen) atoms. The summed E-state index contributed by atoms with van der Waals surface area (Å²) in [5.41, 5.74) is 0.941. The van der Waals surface area contributed by atoms with Gasteiger partial charge in [0.1, 0.15) is 0 Å². The topological polar surface area (TPSA) is 56.0 Å². The Balaban J connectivity index is 2.92. The molecule has 0 bridgehead atoms. The number of imidazole rings is 1. The lowest BCUT2D eigenvalue weighted by atomic mass is 10.5. The van der Waals surface area contributed by atoms with Gasteiger partial charge in [-0.25, -0.2) is 4.98 Å². The second-order valence-corrected chi connectivity index (χ2v) is 3.70. The summed E-state index contributed by atoms with van der Waals surface area (Å²) < 4.78 is 3.49. The summed E-state index contributed by atoms with van der Waals surface area (Å²) in [6.07, 6.45) is 1.62. The number of rotatable bonds is 1. The fraction of sp³-hybridized carbons (Fsp3) is 0.444. The van der Waals surface area contributed by atoms with Crippen molar-refractivity contribution in [2.75, 3.05) is 19.0 Å². The molecule has 0 unspecified atom stereocenters. The van der Waals surface area contributed by atoms with Crippen molar-refractivity contribution in [1.29, 1.82) is 0 Å². The van der Waals surface area contributed by atoms with Crippen LogP contribution in [0.1, 0.15) is 0 Å². The van der Waals surface area contributed by atoms with Crippen molar-refractivity contribution < 1.29 is 0 Å². The van der Waals surface area contributed by atoms with Crippen LogP contribution in [-0.2, 0) is 14.1 Å². The highest BCUT2D eigenvalue weighted by atomic mass is 16.1. The van der Waals surface area contributed by atoms with Crippen molar-refractivity contribution in [1.82, 2.24) is 19.1 Å². The minimum atomic E-state index is -0.244. The SMILES string of the molecule is CN(C)c1nc(=O)c2c(ncn2C)n1C. The first-order valence-corrected chi connectivity index (χ1v) is 4.57. The van der Waals surface area contributed by atoms with Crippen molar-refractivity contribution in [3.05, 3.63) is 16.7 Å². The summed E-state index contributed by atoms with van der Waals surface area (Å²) in [4.78, 5) is 21.7. The number of hydrogen-bond donors (Lipinski definition) is 0. The molecule has 0 fully saturated rings. The molecule has 0 aliphatic heterocycles. The first-order valence-electron chi connectivity index (χ1n) is 4.57. The van der Waals surface area contributed by atoms with Crippen LogP contribution in [0, 0.1) is 0 Å². The molecule has 2 heterocycles. The molecule has 0 saturated carbocycles. The molecule has 0 atom stereocenters. The van der Waals surface area contributed by atoms with Crippen LogP contribution < -0.4 is 10.5 Å². The molecule has 6 nitrogen and oxygen atoms in total. The van der Waals surface area contributed by atoms with E-state index in [9.17, 15) is 4.79 Å². The molecular formula is C9H13N5O. The van der Waals surface area contributed by atoms with Gasteiger partial charge in [0.05, 0.1) is 6.33 Å². The van der Waals surface area contributed by atoms with Gasteiger partial charge in [0.25, 0.3) is 0 Å². The molecule has 0 amide bonds. The van der Waals surface area contributed by atoms with E-state index < -0.39 is 0 Å². The molecule has 2 rings (SSSR count). The average molecular weight is 207 g/mol. The van der Waals surface area contributed by atoms with E-state index in [0.717, 1.165) is 0 Å². The third kappa shape index (κ3) is 1.29. The second-order valence-electron chi connectivity index (χ2n) is 3.70. The van der Waals surface area contributed by atoms with Gasteiger partial charge in [-0.05, 0) is 0 Å². The van der Waals surface area contributed by atoms with Crippen LogP contribution in [0.2, 0.25) is 0 Å². The normalized spacial score (nSPS) is 10.9. The van der Waals surface area contributed by atoms with E-state index in [1.54, 1.807) is 27.4 Å². The monoisotopic (exact) mass is 207 g/mol. The molecule has 6 heteroatoms. The fourth-order valence-electron chi connectivity index (χ4n) is 1.62. The number of aromatic nitrogens is 4. The number of aryl methyl sites for hydroxylation is 2. The van der Waals surface area contributed by atoms with Gasteiger partial charge in [0.15, 0.2) is 11.2 Å². The Kier molecular flexibility index (Phi) is 1.99. The molecule has 0 aromatic carbocycles. The van der Waals surface area contributed by atoms with Crippen LogP contribution >= 0.6 is 0 Å². The van der Waals surface area contributed by atoms with Crippen molar-refractivity contribution in [3.63, 3.8) is 0 Å². The predicted octanol–water partition coefficient (Wildman–Crippen LogP) is -0.267. The Morgan fingerprint density at radius 2 is 2.00 bits per heavy atom. The smallest absolute Gasteiger partial charge is 0.300 e. The second kappa shape index (κ2) is 3.08. The van der Waals surface area contributed by atoms with E-state index in [1.165, 1.54) is 0 Å². The zero-order valence-electron chi connectivity index (χ0n) is 9.22. The highest BCUT2D eigenvalue weighted by Gasteiger charge is 2.12. The molecule has 0 radical (unpaired) electrons. The zero-order valence-corrected chi connectivity index (χ0v) is 9.22. The van der Waals surface area contributed by atoms with Crippen LogP contribution in [0.25, 0.3) is 11.2 Å². The Bertz CT molecular complexity index is 566. The maximum Gasteiger partial charge on any atom is 0.300 e. The van der Waals surface area contributed by atoms with E-state index in [-0.39, 0.29) is 5.56 Å². The van der Waals surface area contributed by atoms with Gasteiger partial charge in [-0.2, -0.15) is 4.98 Å². The summed E-state index contributed by atoms with van der Waals surface area (Å²) in [6, 6.07) is 0. The lowest BCUT2D eigenvalue weighted by Crippen LogP contribution is -2.23. The van der Waals surface area contributed by atoms with Gasteiger partial charge < -0.3 is 9.47 Å². The Morgan fingerprint density at radius 1 is 1.33 bits per heavy atom. The number of hydrogen-bond acceptors (Lipinski definition) is 4. The largest absolute Gasteiger partial charge is 0.348 e. The summed E-state index contributed by atoms with van der Waals surface area (Å²) in [5, 5.41) is 0. The summed E-state index contributed by atoms with van der Waals surface area (Å²) in [7, 11) is 7.32. The molecule has 0 N–H and O–H groups in total. The van der Waals surface area contributed by atoms with E-state index in [4.69, 9.17) is 0 Å². The van der Waals surface area contributed by atoms with Gasteiger partial charge in [-0.15, -0.1) is 0 Å². The van der Waals surface area contributed by atoms with Crippen LogP contribution in [0.3, 0.4) is 0 Å². The highest BCUT2D eigenvalue weighted by Crippen LogP contribution is 2.11. The van der Waals surface area contributed by atoms with Crippen LogP contribution in [0.4, 0.5) is 5.95 Å². The van der Waals surface area contributed by atoms with Gasteiger partial charge in [-0.3, -0.25) is 9.36 Å². The first kappa shape index (κ1) is 9.70. The van der Waals surface area contributed by atoms with Crippen molar-refractivity contribution in [2.45, 2.75) is 0 Å². The molecule has 0 aliphatic carbocycles. The number of fused-ring (bicyclic) bond motifs is 1. The summed E-state index contributed by atoms with van der Waals surface area (Å²) in [5.74, 6) is 0.603. The molecule has 2 aromatic rings. The Hall–Kier alpha value is -1.85. The summed E-state index contributed by atoms with van der Waals surface area (Å²) >= 11 is 0. The van der Waals surface area contributed by atoms with Crippen LogP contribution in [0.5, 0.6) is 0 Å². The van der Waals surface area contributed by atoms with Gasteiger partial charge in [-0.1, -0.05) is 0 Å². The molecular weight excluding hydrogens is 194 g/mol. The summed E-state index contributed by atoms with van der Waals surface area (Å²) in [6.45, 7) is 0. The van der Waals surface area contributed by atoms with Crippen molar-refractivity contribution >= 4 is 17.1 Å². The van der Waals surface area contributed by atoms with Gasteiger partial charge >= 0.3 is 5.56 Å². The maximum atomic E-state index is 11.7. The first-order chi connectivity index (χ1) is 7.02. The minimum absolute atomic E-state index is 0.244. The van der Waals surface area contributed by atoms with Crippen molar-refractivity contribution in [2.24, 2.45) is 14.1 Å². The third-order valence-corrected chi connectivity index (χ3v) is 2.34. The highest BCUT2D eigenvalue weighted by molar-refractivity contribution is 5.71. The van der Waals surface area contributed by atoms with E-state index in [2.05, 4.69) is 9.97 Å². The number of anilines is 1. The lowest BCUT2D eigenvalue weighted by molar-refractivity contribution is 0.840. The third-order valence-electron chi connectivity index (χ3n) is 2.34. The molecule has 2 aromatic heterocycles. The minimum Gasteiger partial charge on any atom is -0.348 e. The molecule has 0 saturated heterocycles. The van der Waals surface area contributed by atoms with Crippen LogP contribution in [-0.4, -0.2) is 33.2 Å². The Morgan fingerprint density at radius 3 is 2.60 bits per heavy atom. The average Bonchev–Trinajstić information content (AvgIpc) is 2.54. The number of nitrogens with zero attached hydrogens (tertiary/aromatic N) is 5. The van der Waals surface area contributed by atoms with E-state index in [1.807, 2.05) is 21.1 Å². The lowest BCUT2D eigenvalue weighted by Gasteiger charge is -2.15.